The second kappa shape index (κ2) is 4.43. The smallest absolute Gasteiger partial charge is 0.191 e. The van der Waals surface area contributed by atoms with E-state index in [0.29, 0.717) is 5.57 Å². The van der Waals surface area contributed by atoms with E-state index in [1.807, 2.05) is 68.5 Å². The van der Waals surface area contributed by atoms with Gasteiger partial charge in [0.25, 0.3) is 0 Å². The van der Waals surface area contributed by atoms with E-state index in [1.165, 1.54) is 5.56 Å². The summed E-state index contributed by atoms with van der Waals surface area (Å²) in [7, 11) is 0. The monoisotopic (exact) mass is 263 g/mol. The van der Waals surface area contributed by atoms with Crippen molar-refractivity contribution >= 4 is 11.9 Å². The van der Waals surface area contributed by atoms with E-state index in [9.17, 15) is 4.79 Å². The molecule has 2 N–H and O–H groups in total. The van der Waals surface area contributed by atoms with Crippen molar-refractivity contribution < 1.29 is 4.79 Å². The first-order valence-electron chi connectivity index (χ1n) is 6.72. The maximum absolute atomic E-state index is 12.5. The van der Waals surface area contributed by atoms with Gasteiger partial charge in [-0.15, -0.1) is 0 Å². The van der Waals surface area contributed by atoms with Gasteiger partial charge in [0.1, 0.15) is 0 Å². The van der Waals surface area contributed by atoms with E-state index in [4.69, 9.17) is 5.73 Å². The number of rotatable bonds is 1. The van der Waals surface area contributed by atoms with E-state index in [1.54, 1.807) is 0 Å². The molecule has 0 bridgehead atoms. The highest BCUT2D eigenvalue weighted by Gasteiger charge is 2.41. The van der Waals surface area contributed by atoms with Crippen molar-refractivity contribution in [1.29, 1.82) is 0 Å². The maximum atomic E-state index is 12.5. The summed E-state index contributed by atoms with van der Waals surface area (Å²) in [5.74, 6) is 0.0335. The van der Waals surface area contributed by atoms with Crippen molar-refractivity contribution in [2.75, 3.05) is 0 Å². The van der Waals surface area contributed by atoms with Gasteiger partial charge in [0.15, 0.2) is 5.78 Å². The minimum Gasteiger partial charge on any atom is -0.318 e. The number of carbonyl (C=O) groups is 1. The Bertz CT molecular complexity index is 708. The summed E-state index contributed by atoms with van der Waals surface area (Å²) in [5.41, 5.74) is 10.2. The van der Waals surface area contributed by atoms with Crippen LogP contribution in [0.15, 0.2) is 54.1 Å². The number of ketones is 1. The van der Waals surface area contributed by atoms with Gasteiger partial charge in [0, 0.05) is 11.1 Å². The first kappa shape index (κ1) is 12.8. The number of benzene rings is 2. The first-order chi connectivity index (χ1) is 9.50. The molecule has 100 valence electrons. The van der Waals surface area contributed by atoms with Gasteiger partial charge >= 0.3 is 0 Å². The molecule has 2 heteroatoms. The number of nitrogens with two attached hydrogens (primary N) is 1. The van der Waals surface area contributed by atoms with Crippen molar-refractivity contribution in [2.24, 2.45) is 5.73 Å². The van der Waals surface area contributed by atoms with Crippen LogP contribution in [0.2, 0.25) is 0 Å². The van der Waals surface area contributed by atoms with Crippen LogP contribution in [0.25, 0.3) is 6.08 Å². The van der Waals surface area contributed by atoms with Gasteiger partial charge in [-0.25, -0.2) is 0 Å². The molecule has 20 heavy (non-hydrogen) atoms. The lowest BCUT2D eigenvalue weighted by Gasteiger charge is -2.20. The van der Waals surface area contributed by atoms with Crippen LogP contribution in [0.4, 0.5) is 0 Å². The molecule has 1 atom stereocenters. The molecule has 0 aromatic heterocycles. The highest BCUT2D eigenvalue weighted by atomic mass is 16.1. The van der Waals surface area contributed by atoms with Crippen LogP contribution in [0.3, 0.4) is 0 Å². The standard InChI is InChI=1S/C18H17NO/c1-12-7-9-13(10-8-12)11-16-17(20)14-5-3-4-6-15(14)18(16,2)19/h3-11H,19H2,1-2H3. The van der Waals surface area contributed by atoms with Gasteiger partial charge in [-0.1, -0.05) is 54.1 Å². The number of carbonyl (C=O) groups excluding carboxylic acids is 1. The fourth-order valence-electron chi connectivity index (χ4n) is 2.70. The van der Waals surface area contributed by atoms with Gasteiger partial charge in [0.05, 0.1) is 5.54 Å². The normalized spacial score (nSPS) is 23.1. The van der Waals surface area contributed by atoms with Gasteiger partial charge < -0.3 is 5.73 Å². The van der Waals surface area contributed by atoms with Crippen molar-refractivity contribution in [1.82, 2.24) is 0 Å². The molecule has 0 aliphatic heterocycles. The highest BCUT2D eigenvalue weighted by Crippen LogP contribution is 2.39. The molecule has 0 saturated heterocycles. The van der Waals surface area contributed by atoms with Gasteiger partial charge in [0.2, 0.25) is 0 Å². The van der Waals surface area contributed by atoms with Crippen LogP contribution in [0.1, 0.15) is 34.0 Å². The van der Waals surface area contributed by atoms with Crippen LogP contribution in [-0.2, 0) is 5.54 Å². The average molecular weight is 263 g/mol. The molecule has 0 radical (unpaired) electrons. The summed E-state index contributed by atoms with van der Waals surface area (Å²) in [4.78, 5) is 12.5. The lowest BCUT2D eigenvalue weighted by molar-refractivity contribution is 0.103. The molecular weight excluding hydrogens is 246 g/mol. The number of hydrogen-bond acceptors (Lipinski definition) is 2. The maximum Gasteiger partial charge on any atom is 0.191 e. The molecule has 0 heterocycles. The lowest BCUT2D eigenvalue weighted by atomic mass is 9.90. The van der Waals surface area contributed by atoms with Crippen molar-refractivity contribution in [2.45, 2.75) is 19.4 Å². The quantitative estimate of drug-likeness (QED) is 0.801. The molecule has 0 spiro atoms. The summed E-state index contributed by atoms with van der Waals surface area (Å²) in [6.07, 6.45) is 1.90. The lowest BCUT2D eigenvalue weighted by Crippen LogP contribution is -2.32. The van der Waals surface area contributed by atoms with Gasteiger partial charge in [-0.3, -0.25) is 4.79 Å². The second-order valence-corrected chi connectivity index (χ2v) is 5.55. The van der Waals surface area contributed by atoms with E-state index < -0.39 is 5.54 Å². The minimum absolute atomic E-state index is 0.0335. The summed E-state index contributed by atoms with van der Waals surface area (Å²) in [6, 6.07) is 15.7. The van der Waals surface area contributed by atoms with E-state index in [0.717, 1.165) is 16.7 Å². The highest BCUT2D eigenvalue weighted by molar-refractivity contribution is 6.17. The summed E-state index contributed by atoms with van der Waals surface area (Å²) >= 11 is 0. The Morgan fingerprint density at radius 1 is 1.05 bits per heavy atom. The molecule has 0 amide bonds. The van der Waals surface area contributed by atoms with E-state index in [-0.39, 0.29) is 5.78 Å². The third-order valence-corrected chi connectivity index (χ3v) is 3.92. The Hall–Kier alpha value is -2.19. The molecule has 0 fully saturated rings. The van der Waals surface area contributed by atoms with Crippen molar-refractivity contribution in [3.05, 3.63) is 76.4 Å². The Morgan fingerprint density at radius 2 is 1.70 bits per heavy atom. The molecule has 1 aliphatic carbocycles. The summed E-state index contributed by atoms with van der Waals surface area (Å²) in [5, 5.41) is 0. The average Bonchev–Trinajstić information content (AvgIpc) is 2.63. The number of Topliss-reactive ketones (excluding diaryl/α,β-unsaturated/α-hetero) is 1. The number of aryl methyl sites for hydroxylation is 1. The summed E-state index contributed by atoms with van der Waals surface area (Å²) < 4.78 is 0. The molecular formula is C18H17NO. The predicted molar refractivity (Wildman–Crippen MR) is 81.5 cm³/mol. The summed E-state index contributed by atoms with van der Waals surface area (Å²) in [6.45, 7) is 3.94. The minimum atomic E-state index is -0.724. The third-order valence-electron chi connectivity index (χ3n) is 3.92. The fraction of sp³-hybridized carbons (Fsp3) is 0.167. The van der Waals surface area contributed by atoms with Crippen LogP contribution in [-0.4, -0.2) is 5.78 Å². The zero-order valence-electron chi connectivity index (χ0n) is 11.7. The topological polar surface area (TPSA) is 43.1 Å². The third kappa shape index (κ3) is 1.89. The van der Waals surface area contributed by atoms with Gasteiger partial charge in [-0.2, -0.15) is 0 Å². The Balaban J connectivity index is 2.12. The second-order valence-electron chi connectivity index (χ2n) is 5.55. The Kier molecular flexibility index (Phi) is 2.84. The SMILES string of the molecule is Cc1ccc(C=C2C(=O)c3ccccc3C2(C)N)cc1. The van der Waals surface area contributed by atoms with Gasteiger partial charge in [-0.05, 0) is 31.1 Å². The molecule has 2 nitrogen and oxygen atoms in total. The molecule has 1 aliphatic rings. The zero-order valence-corrected chi connectivity index (χ0v) is 11.7. The van der Waals surface area contributed by atoms with Crippen LogP contribution in [0.5, 0.6) is 0 Å². The van der Waals surface area contributed by atoms with E-state index in [2.05, 4.69) is 0 Å². The molecule has 2 aromatic rings. The zero-order chi connectivity index (χ0) is 14.3. The van der Waals surface area contributed by atoms with E-state index >= 15 is 0 Å². The fourth-order valence-corrected chi connectivity index (χ4v) is 2.70. The molecule has 2 aromatic carbocycles. The molecule has 0 saturated carbocycles. The molecule has 3 rings (SSSR count). The first-order valence-corrected chi connectivity index (χ1v) is 6.72. The van der Waals surface area contributed by atoms with Crippen LogP contribution >= 0.6 is 0 Å². The largest absolute Gasteiger partial charge is 0.318 e. The molecule has 1 unspecified atom stereocenters. The Morgan fingerprint density at radius 3 is 2.35 bits per heavy atom. The van der Waals surface area contributed by atoms with Crippen LogP contribution in [0, 0.1) is 6.92 Å². The van der Waals surface area contributed by atoms with Crippen molar-refractivity contribution in [3.63, 3.8) is 0 Å². The number of fused-ring (bicyclic) bond motifs is 1. The van der Waals surface area contributed by atoms with Crippen molar-refractivity contribution in [3.8, 4) is 0 Å². The predicted octanol–water partition coefficient (Wildman–Crippen LogP) is 3.45. The van der Waals surface area contributed by atoms with Crippen LogP contribution < -0.4 is 5.73 Å². The number of hydrogen-bond donors (Lipinski definition) is 1. The Labute approximate surface area is 118 Å².